The number of ether oxygens (including phenoxy) is 1. The molecule has 0 radical (unpaired) electrons. The molecule has 76 valence electrons. The van der Waals surface area contributed by atoms with E-state index in [0.29, 0.717) is 5.92 Å². The van der Waals surface area contributed by atoms with Gasteiger partial charge in [0.05, 0.1) is 11.6 Å². The van der Waals surface area contributed by atoms with Crippen molar-refractivity contribution in [1.82, 2.24) is 0 Å². The molecule has 1 saturated carbocycles. The van der Waals surface area contributed by atoms with Crippen LogP contribution in [-0.2, 0) is 5.54 Å². The van der Waals surface area contributed by atoms with E-state index in [1.807, 2.05) is 12.1 Å². The summed E-state index contributed by atoms with van der Waals surface area (Å²) in [4.78, 5) is 0. The molecule has 14 heavy (non-hydrogen) atoms. The van der Waals surface area contributed by atoms with Gasteiger partial charge in [-0.2, -0.15) is 0 Å². The molecule has 2 nitrogen and oxygen atoms in total. The number of benzene rings is 1. The molecule has 3 heteroatoms. The first-order chi connectivity index (χ1) is 6.58. The van der Waals surface area contributed by atoms with E-state index >= 15 is 0 Å². The standard InChI is InChI=1S/C11H14BrNO/c1-7-6-11(7,13)8-3-4-10(14-2)9(12)5-8/h3-5,7H,6,13H2,1-2H3. The van der Waals surface area contributed by atoms with E-state index in [-0.39, 0.29) is 5.54 Å². The minimum Gasteiger partial charge on any atom is -0.496 e. The molecule has 0 amide bonds. The van der Waals surface area contributed by atoms with Gasteiger partial charge in [0.25, 0.3) is 0 Å². The van der Waals surface area contributed by atoms with Crippen molar-refractivity contribution >= 4 is 15.9 Å². The topological polar surface area (TPSA) is 35.2 Å². The Morgan fingerprint density at radius 2 is 2.21 bits per heavy atom. The minimum atomic E-state index is -0.102. The second kappa shape index (κ2) is 3.24. The van der Waals surface area contributed by atoms with Gasteiger partial charge < -0.3 is 10.5 Å². The second-order valence-corrected chi connectivity index (χ2v) is 4.85. The Morgan fingerprint density at radius 3 is 2.64 bits per heavy atom. The molecule has 1 aliphatic carbocycles. The van der Waals surface area contributed by atoms with E-state index in [2.05, 4.69) is 28.9 Å². The molecule has 0 saturated heterocycles. The van der Waals surface area contributed by atoms with Crippen LogP contribution in [0.4, 0.5) is 0 Å². The molecule has 1 aliphatic rings. The maximum absolute atomic E-state index is 6.21. The fourth-order valence-electron chi connectivity index (χ4n) is 1.81. The minimum absolute atomic E-state index is 0.102. The van der Waals surface area contributed by atoms with Crippen molar-refractivity contribution in [3.8, 4) is 5.75 Å². The molecule has 1 fully saturated rings. The van der Waals surface area contributed by atoms with Gasteiger partial charge in [-0.05, 0) is 46.0 Å². The quantitative estimate of drug-likeness (QED) is 0.882. The maximum atomic E-state index is 6.21. The zero-order valence-corrected chi connectivity index (χ0v) is 9.97. The van der Waals surface area contributed by atoms with Crippen LogP contribution < -0.4 is 10.5 Å². The maximum Gasteiger partial charge on any atom is 0.133 e. The van der Waals surface area contributed by atoms with Crippen molar-refractivity contribution in [3.63, 3.8) is 0 Å². The summed E-state index contributed by atoms with van der Waals surface area (Å²) in [6.45, 7) is 2.18. The molecule has 2 N–H and O–H groups in total. The lowest BCUT2D eigenvalue weighted by atomic mass is 10.0. The van der Waals surface area contributed by atoms with E-state index in [1.165, 1.54) is 5.56 Å². The van der Waals surface area contributed by atoms with Gasteiger partial charge in [-0.15, -0.1) is 0 Å². The van der Waals surface area contributed by atoms with Gasteiger partial charge in [0, 0.05) is 5.54 Å². The number of rotatable bonds is 2. The Kier molecular flexibility index (Phi) is 2.32. The van der Waals surface area contributed by atoms with E-state index in [1.54, 1.807) is 7.11 Å². The molecule has 0 aliphatic heterocycles. The Bertz CT molecular complexity index is 366. The Morgan fingerprint density at radius 1 is 1.57 bits per heavy atom. The molecule has 2 unspecified atom stereocenters. The van der Waals surface area contributed by atoms with Crippen LogP contribution >= 0.6 is 15.9 Å². The van der Waals surface area contributed by atoms with Gasteiger partial charge in [-0.3, -0.25) is 0 Å². The molecule has 0 bridgehead atoms. The molecule has 1 aromatic carbocycles. The van der Waals surface area contributed by atoms with Crippen LogP contribution in [0.25, 0.3) is 0 Å². The first kappa shape index (κ1) is 9.99. The highest BCUT2D eigenvalue weighted by Gasteiger charge is 2.48. The summed E-state index contributed by atoms with van der Waals surface area (Å²) in [5.74, 6) is 1.44. The van der Waals surface area contributed by atoms with Crippen molar-refractivity contribution in [2.45, 2.75) is 18.9 Å². The summed E-state index contributed by atoms with van der Waals surface area (Å²) in [5, 5.41) is 0. The highest BCUT2D eigenvalue weighted by molar-refractivity contribution is 9.10. The molecule has 2 atom stereocenters. The summed E-state index contributed by atoms with van der Waals surface area (Å²) in [7, 11) is 1.66. The van der Waals surface area contributed by atoms with E-state index < -0.39 is 0 Å². The summed E-state index contributed by atoms with van der Waals surface area (Å²) in [6, 6.07) is 6.06. The SMILES string of the molecule is COc1ccc(C2(N)CC2C)cc1Br. The third kappa shape index (κ3) is 1.44. The Hall–Kier alpha value is -0.540. The summed E-state index contributed by atoms with van der Waals surface area (Å²) >= 11 is 3.47. The largest absolute Gasteiger partial charge is 0.496 e. The lowest BCUT2D eigenvalue weighted by molar-refractivity contribution is 0.411. The number of hydrogen-bond donors (Lipinski definition) is 1. The number of nitrogens with two attached hydrogens (primary N) is 1. The Labute approximate surface area is 92.6 Å². The van der Waals surface area contributed by atoms with Gasteiger partial charge in [-0.1, -0.05) is 13.0 Å². The fourth-order valence-corrected chi connectivity index (χ4v) is 2.35. The van der Waals surface area contributed by atoms with Crippen LogP contribution in [0.3, 0.4) is 0 Å². The van der Waals surface area contributed by atoms with Gasteiger partial charge >= 0.3 is 0 Å². The van der Waals surface area contributed by atoms with Crippen molar-refractivity contribution in [2.75, 3.05) is 7.11 Å². The third-order valence-electron chi connectivity index (χ3n) is 3.05. The average molecular weight is 256 g/mol. The lowest BCUT2D eigenvalue weighted by Crippen LogP contribution is -2.21. The fraction of sp³-hybridized carbons (Fsp3) is 0.455. The van der Waals surface area contributed by atoms with E-state index in [4.69, 9.17) is 10.5 Å². The molecular weight excluding hydrogens is 242 g/mol. The van der Waals surface area contributed by atoms with Crippen LogP contribution in [0.5, 0.6) is 5.75 Å². The van der Waals surface area contributed by atoms with Gasteiger partial charge in [0.1, 0.15) is 5.75 Å². The van der Waals surface area contributed by atoms with E-state index in [0.717, 1.165) is 16.6 Å². The smallest absolute Gasteiger partial charge is 0.133 e. The van der Waals surface area contributed by atoms with Crippen LogP contribution in [0, 0.1) is 5.92 Å². The molecule has 0 spiro atoms. The first-order valence-electron chi connectivity index (χ1n) is 4.71. The highest BCUT2D eigenvalue weighted by atomic mass is 79.9. The Balaban J connectivity index is 2.34. The van der Waals surface area contributed by atoms with Gasteiger partial charge in [0.2, 0.25) is 0 Å². The van der Waals surface area contributed by atoms with Crippen molar-refractivity contribution in [1.29, 1.82) is 0 Å². The summed E-state index contributed by atoms with van der Waals surface area (Å²) in [5.41, 5.74) is 7.30. The zero-order chi connectivity index (χ0) is 10.3. The number of halogens is 1. The molecule has 2 rings (SSSR count). The zero-order valence-electron chi connectivity index (χ0n) is 8.38. The van der Waals surface area contributed by atoms with Crippen LogP contribution in [0.15, 0.2) is 22.7 Å². The predicted octanol–water partition coefficient (Wildman–Crippen LogP) is 2.65. The van der Waals surface area contributed by atoms with Gasteiger partial charge in [0.15, 0.2) is 0 Å². The average Bonchev–Trinajstić information content (AvgIpc) is 2.76. The first-order valence-corrected chi connectivity index (χ1v) is 5.50. The second-order valence-electron chi connectivity index (χ2n) is 3.99. The van der Waals surface area contributed by atoms with Crippen LogP contribution in [0.1, 0.15) is 18.9 Å². The van der Waals surface area contributed by atoms with Crippen molar-refractivity contribution < 1.29 is 4.74 Å². The lowest BCUT2D eigenvalue weighted by Gasteiger charge is -2.12. The molecule has 0 aromatic heterocycles. The molecule has 1 aromatic rings. The van der Waals surface area contributed by atoms with Crippen molar-refractivity contribution in [2.24, 2.45) is 11.7 Å². The van der Waals surface area contributed by atoms with E-state index in [9.17, 15) is 0 Å². The monoisotopic (exact) mass is 255 g/mol. The summed E-state index contributed by atoms with van der Waals surface area (Å²) in [6.07, 6.45) is 1.08. The number of hydrogen-bond acceptors (Lipinski definition) is 2. The summed E-state index contributed by atoms with van der Waals surface area (Å²) < 4.78 is 6.15. The molecule has 0 heterocycles. The third-order valence-corrected chi connectivity index (χ3v) is 3.67. The van der Waals surface area contributed by atoms with Crippen LogP contribution in [-0.4, -0.2) is 7.11 Å². The predicted molar refractivity (Wildman–Crippen MR) is 60.3 cm³/mol. The van der Waals surface area contributed by atoms with Crippen LogP contribution in [0.2, 0.25) is 0 Å². The normalized spacial score (nSPS) is 30.1. The number of methoxy groups -OCH3 is 1. The van der Waals surface area contributed by atoms with Gasteiger partial charge in [-0.25, -0.2) is 0 Å². The van der Waals surface area contributed by atoms with Crippen molar-refractivity contribution in [3.05, 3.63) is 28.2 Å². The highest BCUT2D eigenvalue weighted by Crippen LogP contribution is 2.50. The molecular formula is C11H14BrNO.